The van der Waals surface area contributed by atoms with Crippen molar-refractivity contribution < 1.29 is 14.1 Å². The third-order valence-corrected chi connectivity index (χ3v) is 5.95. The molecule has 4 rings (SSSR count). The van der Waals surface area contributed by atoms with Crippen molar-refractivity contribution in [2.45, 2.75) is 29.7 Å². The van der Waals surface area contributed by atoms with E-state index in [9.17, 15) is 9.59 Å². The van der Waals surface area contributed by atoms with Crippen molar-refractivity contribution in [2.24, 2.45) is 5.92 Å². The van der Waals surface area contributed by atoms with Gasteiger partial charge in [-0.15, -0.1) is 0 Å². The predicted octanol–water partition coefficient (Wildman–Crippen LogP) is 4.02. The van der Waals surface area contributed by atoms with Crippen molar-refractivity contribution in [3.63, 3.8) is 0 Å². The highest BCUT2D eigenvalue weighted by atomic mass is 32.2. The van der Waals surface area contributed by atoms with Gasteiger partial charge in [0.1, 0.15) is 10.8 Å². The highest BCUT2D eigenvalue weighted by molar-refractivity contribution is 7.99. The summed E-state index contributed by atoms with van der Waals surface area (Å²) in [6, 6.07) is 15.0. The molecule has 0 saturated carbocycles. The Morgan fingerprint density at radius 2 is 1.90 bits per heavy atom. The molecule has 1 saturated heterocycles. The normalized spacial score (nSPS) is 14.5. The predicted molar refractivity (Wildman–Crippen MR) is 113 cm³/mol. The second-order valence-electron chi connectivity index (χ2n) is 7.17. The number of piperidine rings is 1. The van der Waals surface area contributed by atoms with E-state index in [1.165, 1.54) is 0 Å². The first-order valence-corrected chi connectivity index (χ1v) is 10.6. The number of likely N-dealkylation sites (tertiary alicyclic amines) is 1. The highest BCUT2D eigenvalue weighted by Crippen LogP contribution is 2.26. The minimum absolute atomic E-state index is 0.00429. The van der Waals surface area contributed by atoms with Crippen LogP contribution in [0.1, 0.15) is 29.0 Å². The fraction of sp³-hybridized carbons (Fsp3) is 0.273. The van der Waals surface area contributed by atoms with Crippen LogP contribution in [0.2, 0.25) is 0 Å². The number of hydrogen-bond donors (Lipinski definition) is 1. The van der Waals surface area contributed by atoms with Crippen LogP contribution in [0.25, 0.3) is 0 Å². The Bertz CT molecular complexity index is 1010. The Hall–Kier alpha value is -3.13. The average molecular weight is 423 g/mol. The number of carbonyl (C=O) groups excluding carboxylic acids is 2. The molecule has 3 aromatic rings. The lowest BCUT2D eigenvalue weighted by atomic mass is 9.95. The molecule has 0 bridgehead atoms. The Balaban J connectivity index is 1.30. The molecule has 8 heteroatoms. The fourth-order valence-electron chi connectivity index (χ4n) is 3.37. The molecule has 0 atom stereocenters. The molecule has 154 valence electrons. The van der Waals surface area contributed by atoms with Gasteiger partial charge in [-0.2, -0.15) is 0 Å². The van der Waals surface area contributed by atoms with E-state index in [1.807, 2.05) is 47.4 Å². The van der Waals surface area contributed by atoms with Gasteiger partial charge in [0.25, 0.3) is 5.91 Å². The number of hydrogen-bond acceptors (Lipinski definition) is 6. The number of carbonyl (C=O) groups is 2. The molecule has 7 nitrogen and oxygen atoms in total. The van der Waals surface area contributed by atoms with Crippen LogP contribution in [0.4, 0.5) is 5.82 Å². The molecule has 0 unspecified atom stereocenters. The number of nitrogens with one attached hydrogen (secondary N) is 1. The van der Waals surface area contributed by atoms with Crippen molar-refractivity contribution in [3.8, 4) is 0 Å². The summed E-state index contributed by atoms with van der Waals surface area (Å²) in [7, 11) is 0. The van der Waals surface area contributed by atoms with Crippen LogP contribution in [-0.2, 0) is 4.79 Å². The van der Waals surface area contributed by atoms with Gasteiger partial charge in [0.15, 0.2) is 5.82 Å². The molecule has 1 aromatic carbocycles. The molecule has 1 aliphatic rings. The van der Waals surface area contributed by atoms with Gasteiger partial charge in [-0.05, 0) is 56.2 Å². The summed E-state index contributed by atoms with van der Waals surface area (Å²) in [5.74, 6) is 0.861. The molecule has 2 aromatic heterocycles. The van der Waals surface area contributed by atoms with E-state index in [-0.39, 0.29) is 17.7 Å². The summed E-state index contributed by atoms with van der Waals surface area (Å²) in [6.07, 6.45) is 3.01. The summed E-state index contributed by atoms with van der Waals surface area (Å²) in [6.45, 7) is 2.88. The molecule has 1 N–H and O–H groups in total. The smallest absolute Gasteiger partial charge is 0.253 e. The maximum absolute atomic E-state index is 12.8. The summed E-state index contributed by atoms with van der Waals surface area (Å²) in [5.41, 5.74) is 0.654. The average Bonchev–Trinajstić information content (AvgIpc) is 3.19. The van der Waals surface area contributed by atoms with Crippen LogP contribution < -0.4 is 5.32 Å². The minimum Gasteiger partial charge on any atom is -0.360 e. The fourth-order valence-corrected chi connectivity index (χ4v) is 4.15. The quantitative estimate of drug-likeness (QED) is 0.668. The SMILES string of the molecule is Cc1cc(NC(=O)C2CCN(C(=O)c3ccc(Sc4ccccn4)cc3)CC2)no1. The van der Waals surface area contributed by atoms with Crippen LogP contribution in [0, 0.1) is 12.8 Å². The van der Waals surface area contributed by atoms with Crippen molar-refractivity contribution in [3.05, 3.63) is 66.1 Å². The summed E-state index contributed by atoms with van der Waals surface area (Å²) in [5, 5.41) is 7.48. The van der Waals surface area contributed by atoms with E-state index in [0.717, 1.165) is 9.92 Å². The molecule has 1 fully saturated rings. The highest BCUT2D eigenvalue weighted by Gasteiger charge is 2.28. The van der Waals surface area contributed by atoms with Gasteiger partial charge in [0, 0.05) is 41.7 Å². The van der Waals surface area contributed by atoms with Gasteiger partial charge < -0.3 is 14.7 Å². The van der Waals surface area contributed by atoms with E-state index < -0.39 is 0 Å². The lowest BCUT2D eigenvalue weighted by molar-refractivity contribution is -0.121. The summed E-state index contributed by atoms with van der Waals surface area (Å²) >= 11 is 1.56. The van der Waals surface area contributed by atoms with E-state index in [1.54, 1.807) is 30.9 Å². The lowest BCUT2D eigenvalue weighted by Crippen LogP contribution is -2.41. The molecule has 0 aliphatic carbocycles. The maximum Gasteiger partial charge on any atom is 0.253 e. The van der Waals surface area contributed by atoms with E-state index in [2.05, 4.69) is 15.5 Å². The van der Waals surface area contributed by atoms with Crippen molar-refractivity contribution >= 4 is 29.4 Å². The van der Waals surface area contributed by atoms with Gasteiger partial charge >= 0.3 is 0 Å². The number of amides is 2. The molecule has 2 amide bonds. The zero-order valence-electron chi connectivity index (χ0n) is 16.6. The van der Waals surface area contributed by atoms with Crippen LogP contribution in [0.3, 0.4) is 0 Å². The van der Waals surface area contributed by atoms with Crippen molar-refractivity contribution in [1.29, 1.82) is 0 Å². The largest absolute Gasteiger partial charge is 0.360 e. The van der Waals surface area contributed by atoms with Crippen LogP contribution in [0.15, 0.2) is 69.2 Å². The third-order valence-electron chi connectivity index (χ3n) is 4.99. The van der Waals surface area contributed by atoms with Crippen LogP contribution in [-0.4, -0.2) is 39.9 Å². The van der Waals surface area contributed by atoms with Gasteiger partial charge in [-0.1, -0.05) is 23.0 Å². The van der Waals surface area contributed by atoms with E-state index in [0.29, 0.717) is 43.1 Å². The summed E-state index contributed by atoms with van der Waals surface area (Å²) in [4.78, 5) is 32.4. The zero-order valence-corrected chi connectivity index (χ0v) is 17.4. The van der Waals surface area contributed by atoms with Gasteiger partial charge in [0.2, 0.25) is 5.91 Å². The minimum atomic E-state index is -0.136. The first-order chi connectivity index (χ1) is 14.6. The molecule has 1 aliphatic heterocycles. The van der Waals surface area contributed by atoms with Gasteiger partial charge in [0.05, 0.1) is 0 Å². The lowest BCUT2D eigenvalue weighted by Gasteiger charge is -2.31. The Morgan fingerprint density at radius 1 is 1.13 bits per heavy atom. The standard InChI is InChI=1S/C22H22N4O3S/c1-15-14-19(25-29-15)24-21(27)16-9-12-26(13-10-16)22(28)17-5-7-18(8-6-17)30-20-4-2-3-11-23-20/h2-8,11,14,16H,9-10,12-13H2,1H3,(H,24,25,27). The number of pyridine rings is 1. The number of benzene rings is 1. The van der Waals surface area contributed by atoms with Gasteiger partial charge in [-0.25, -0.2) is 4.98 Å². The molecule has 3 heterocycles. The molecule has 0 radical (unpaired) electrons. The number of aryl methyl sites for hydroxylation is 1. The molecular weight excluding hydrogens is 400 g/mol. The van der Waals surface area contributed by atoms with Crippen LogP contribution >= 0.6 is 11.8 Å². The molecule has 0 spiro atoms. The van der Waals surface area contributed by atoms with E-state index in [4.69, 9.17) is 4.52 Å². The molecule has 30 heavy (non-hydrogen) atoms. The Kier molecular flexibility index (Phi) is 6.13. The monoisotopic (exact) mass is 422 g/mol. The number of rotatable bonds is 5. The summed E-state index contributed by atoms with van der Waals surface area (Å²) < 4.78 is 4.97. The van der Waals surface area contributed by atoms with Gasteiger partial charge in [-0.3, -0.25) is 9.59 Å². The van der Waals surface area contributed by atoms with Crippen molar-refractivity contribution in [2.75, 3.05) is 18.4 Å². The van der Waals surface area contributed by atoms with Crippen LogP contribution in [0.5, 0.6) is 0 Å². The second-order valence-corrected chi connectivity index (χ2v) is 8.27. The zero-order chi connectivity index (χ0) is 20.9. The van der Waals surface area contributed by atoms with Crippen molar-refractivity contribution in [1.82, 2.24) is 15.0 Å². The first kappa shape index (κ1) is 20.2. The second kappa shape index (κ2) is 9.13. The first-order valence-electron chi connectivity index (χ1n) is 9.81. The number of aromatic nitrogens is 2. The molecular formula is C22H22N4O3S. The van der Waals surface area contributed by atoms with E-state index >= 15 is 0 Å². The topological polar surface area (TPSA) is 88.3 Å². The maximum atomic E-state index is 12.8. The number of anilines is 1. The Labute approximate surface area is 178 Å². The third kappa shape index (κ3) is 4.88. The Morgan fingerprint density at radius 3 is 2.53 bits per heavy atom. The number of nitrogens with zero attached hydrogens (tertiary/aromatic N) is 3.